The van der Waals surface area contributed by atoms with E-state index < -0.39 is 11.8 Å². The molecule has 178 valence electrons. The number of nitrogens with zero attached hydrogens (tertiary/aromatic N) is 1. The van der Waals surface area contributed by atoms with Crippen LogP contribution in [0.5, 0.6) is 23.0 Å². The molecular formula is C27H24N2O5S. The lowest BCUT2D eigenvalue weighted by molar-refractivity contribution is -0.122. The van der Waals surface area contributed by atoms with Crippen molar-refractivity contribution in [1.82, 2.24) is 5.32 Å². The van der Waals surface area contributed by atoms with Gasteiger partial charge in [0.1, 0.15) is 28.6 Å². The van der Waals surface area contributed by atoms with Crippen LogP contribution in [0.4, 0.5) is 5.69 Å². The number of thiocarbonyl (C=S) groups is 1. The molecule has 1 aliphatic heterocycles. The monoisotopic (exact) mass is 488 g/mol. The molecule has 1 N–H and O–H groups in total. The zero-order valence-corrected chi connectivity index (χ0v) is 20.1. The van der Waals surface area contributed by atoms with Crippen LogP contribution >= 0.6 is 12.2 Å². The Morgan fingerprint density at radius 1 is 0.857 bits per heavy atom. The maximum atomic E-state index is 13.4. The molecule has 7 nitrogen and oxygen atoms in total. The van der Waals surface area contributed by atoms with Gasteiger partial charge in [0.25, 0.3) is 11.8 Å². The van der Waals surface area contributed by atoms with Gasteiger partial charge in [0.2, 0.25) is 0 Å². The number of nitrogens with one attached hydrogen (secondary N) is 1. The topological polar surface area (TPSA) is 77.1 Å². The fourth-order valence-electron chi connectivity index (χ4n) is 3.52. The fraction of sp³-hybridized carbons (Fsp3) is 0.148. The molecule has 4 rings (SSSR count). The van der Waals surface area contributed by atoms with Gasteiger partial charge in [-0.05, 0) is 86.7 Å². The molecule has 1 aliphatic rings. The Hall–Kier alpha value is -4.17. The van der Waals surface area contributed by atoms with E-state index in [1.54, 1.807) is 42.5 Å². The van der Waals surface area contributed by atoms with Crippen LogP contribution in [0.3, 0.4) is 0 Å². The van der Waals surface area contributed by atoms with Crippen molar-refractivity contribution in [2.45, 2.75) is 13.8 Å². The van der Waals surface area contributed by atoms with E-state index >= 15 is 0 Å². The van der Waals surface area contributed by atoms with Crippen molar-refractivity contribution in [2.75, 3.05) is 18.1 Å². The minimum absolute atomic E-state index is 0.00183. The molecule has 0 aliphatic carbocycles. The summed E-state index contributed by atoms with van der Waals surface area (Å²) in [5, 5.41) is 2.60. The van der Waals surface area contributed by atoms with Gasteiger partial charge in [-0.2, -0.15) is 0 Å². The summed E-state index contributed by atoms with van der Waals surface area (Å²) in [6.07, 6.45) is 1.49. The molecule has 35 heavy (non-hydrogen) atoms. The number of hydrogen-bond acceptors (Lipinski definition) is 6. The molecule has 0 radical (unpaired) electrons. The molecule has 3 aromatic rings. The van der Waals surface area contributed by atoms with E-state index in [4.69, 9.17) is 26.4 Å². The van der Waals surface area contributed by atoms with Crippen LogP contribution in [0.25, 0.3) is 6.08 Å². The van der Waals surface area contributed by atoms with E-state index in [0.717, 1.165) is 0 Å². The van der Waals surface area contributed by atoms with Crippen LogP contribution in [-0.2, 0) is 9.59 Å². The Labute approximate surface area is 208 Å². The molecule has 2 amide bonds. The summed E-state index contributed by atoms with van der Waals surface area (Å²) in [5.74, 6) is 1.31. The van der Waals surface area contributed by atoms with Gasteiger partial charge in [-0.25, -0.2) is 0 Å². The Morgan fingerprint density at radius 3 is 2.20 bits per heavy atom. The predicted octanol–water partition coefficient (Wildman–Crippen LogP) is 5.11. The lowest BCUT2D eigenvalue weighted by atomic mass is 10.1. The van der Waals surface area contributed by atoms with Crippen LogP contribution in [0.2, 0.25) is 0 Å². The summed E-state index contributed by atoms with van der Waals surface area (Å²) in [6, 6.07) is 21.5. The standard InChI is InChI=1S/C27H24N2O5S/c1-3-32-22-14-15-24(33-4-2)18(16-22)17-23-25(30)28-27(35)29(26(23)31)19-10-12-21(13-11-19)34-20-8-6-5-7-9-20/h5-17H,3-4H2,1-2H3,(H,28,30,35)/b23-17+. The van der Waals surface area contributed by atoms with Crippen molar-refractivity contribution in [1.29, 1.82) is 0 Å². The van der Waals surface area contributed by atoms with E-state index in [9.17, 15) is 9.59 Å². The first-order valence-electron chi connectivity index (χ1n) is 11.1. The van der Waals surface area contributed by atoms with Gasteiger partial charge in [-0.3, -0.25) is 19.8 Å². The number of carbonyl (C=O) groups is 2. The largest absolute Gasteiger partial charge is 0.494 e. The van der Waals surface area contributed by atoms with Crippen LogP contribution in [-0.4, -0.2) is 30.1 Å². The maximum absolute atomic E-state index is 13.4. The number of rotatable bonds is 8. The second-order valence-corrected chi connectivity index (χ2v) is 7.82. The summed E-state index contributed by atoms with van der Waals surface area (Å²) in [5.41, 5.74) is 0.980. The Bertz CT molecular complexity index is 1270. The van der Waals surface area contributed by atoms with Crippen molar-refractivity contribution in [3.8, 4) is 23.0 Å². The Balaban J connectivity index is 1.64. The molecule has 0 bridgehead atoms. The first kappa shape index (κ1) is 24.0. The lowest BCUT2D eigenvalue weighted by Crippen LogP contribution is -2.54. The molecule has 0 atom stereocenters. The minimum Gasteiger partial charge on any atom is -0.494 e. The normalized spacial score (nSPS) is 14.6. The smallest absolute Gasteiger partial charge is 0.270 e. The number of ether oxygens (including phenoxy) is 3. The highest BCUT2D eigenvalue weighted by atomic mass is 32.1. The summed E-state index contributed by atoms with van der Waals surface area (Å²) < 4.78 is 17.1. The molecule has 0 aromatic heterocycles. The van der Waals surface area contributed by atoms with Crippen molar-refractivity contribution in [3.05, 3.63) is 83.9 Å². The highest BCUT2D eigenvalue weighted by Crippen LogP contribution is 2.30. The molecule has 1 heterocycles. The third-order valence-corrected chi connectivity index (χ3v) is 5.35. The quantitative estimate of drug-likeness (QED) is 0.270. The van der Waals surface area contributed by atoms with Gasteiger partial charge >= 0.3 is 0 Å². The Kier molecular flexibility index (Phi) is 7.42. The molecule has 0 saturated carbocycles. The first-order chi connectivity index (χ1) is 17.0. The minimum atomic E-state index is -0.579. The summed E-state index contributed by atoms with van der Waals surface area (Å²) in [6.45, 7) is 4.65. The van der Waals surface area contributed by atoms with Crippen LogP contribution in [0, 0.1) is 0 Å². The summed E-state index contributed by atoms with van der Waals surface area (Å²) >= 11 is 5.31. The molecule has 1 saturated heterocycles. The van der Waals surface area contributed by atoms with E-state index in [0.29, 0.717) is 47.5 Å². The predicted molar refractivity (Wildman–Crippen MR) is 138 cm³/mol. The number of amides is 2. The highest BCUT2D eigenvalue weighted by Gasteiger charge is 2.34. The van der Waals surface area contributed by atoms with Gasteiger partial charge in [0, 0.05) is 5.56 Å². The van der Waals surface area contributed by atoms with Crippen molar-refractivity contribution in [2.24, 2.45) is 0 Å². The number of para-hydroxylation sites is 1. The van der Waals surface area contributed by atoms with Crippen LogP contribution < -0.4 is 24.4 Å². The average molecular weight is 489 g/mol. The molecule has 0 spiro atoms. The molecule has 1 fully saturated rings. The van der Waals surface area contributed by atoms with Crippen LogP contribution in [0.1, 0.15) is 19.4 Å². The number of carbonyl (C=O) groups excluding carboxylic acids is 2. The SMILES string of the molecule is CCOc1ccc(OCC)c(/C=C2\C(=O)NC(=S)N(c3ccc(Oc4ccccc4)cc3)C2=O)c1. The van der Waals surface area contributed by atoms with Crippen molar-refractivity contribution >= 4 is 40.9 Å². The van der Waals surface area contributed by atoms with Gasteiger partial charge in [-0.15, -0.1) is 0 Å². The van der Waals surface area contributed by atoms with E-state index in [1.807, 2.05) is 44.2 Å². The third kappa shape index (κ3) is 5.50. The second-order valence-electron chi connectivity index (χ2n) is 7.43. The van der Waals surface area contributed by atoms with Crippen molar-refractivity contribution in [3.63, 3.8) is 0 Å². The van der Waals surface area contributed by atoms with Crippen LogP contribution in [0.15, 0.2) is 78.4 Å². The zero-order valence-electron chi connectivity index (χ0n) is 19.3. The first-order valence-corrected chi connectivity index (χ1v) is 11.5. The van der Waals surface area contributed by atoms with Gasteiger partial charge in [0.15, 0.2) is 5.11 Å². The zero-order chi connectivity index (χ0) is 24.8. The van der Waals surface area contributed by atoms with E-state index in [1.165, 1.54) is 11.0 Å². The molecule has 0 unspecified atom stereocenters. The molecule has 3 aromatic carbocycles. The molecular weight excluding hydrogens is 464 g/mol. The Morgan fingerprint density at radius 2 is 1.51 bits per heavy atom. The fourth-order valence-corrected chi connectivity index (χ4v) is 3.80. The van der Waals surface area contributed by atoms with Gasteiger partial charge in [0.05, 0.1) is 18.9 Å². The van der Waals surface area contributed by atoms with E-state index in [-0.39, 0.29) is 10.7 Å². The number of benzene rings is 3. The molecule has 8 heteroatoms. The van der Waals surface area contributed by atoms with Gasteiger partial charge in [-0.1, -0.05) is 18.2 Å². The maximum Gasteiger partial charge on any atom is 0.270 e. The number of hydrogen-bond donors (Lipinski definition) is 1. The lowest BCUT2D eigenvalue weighted by Gasteiger charge is -2.29. The van der Waals surface area contributed by atoms with E-state index in [2.05, 4.69) is 5.32 Å². The number of anilines is 1. The summed E-state index contributed by atoms with van der Waals surface area (Å²) in [7, 11) is 0. The van der Waals surface area contributed by atoms with Crippen molar-refractivity contribution < 1.29 is 23.8 Å². The highest BCUT2D eigenvalue weighted by molar-refractivity contribution is 7.80. The second kappa shape index (κ2) is 10.8. The third-order valence-electron chi connectivity index (χ3n) is 5.07. The average Bonchev–Trinajstić information content (AvgIpc) is 2.85. The van der Waals surface area contributed by atoms with Gasteiger partial charge < -0.3 is 14.2 Å². The summed E-state index contributed by atoms with van der Waals surface area (Å²) in [4.78, 5) is 27.4.